The van der Waals surface area contributed by atoms with Crippen LogP contribution in [0.1, 0.15) is 12.0 Å². The zero-order valence-electron chi connectivity index (χ0n) is 11.2. The van der Waals surface area contributed by atoms with Crippen LogP contribution in [-0.2, 0) is 16.4 Å². The van der Waals surface area contributed by atoms with Gasteiger partial charge in [-0.1, -0.05) is 59.6 Å². The molecule has 0 saturated heterocycles. The van der Waals surface area contributed by atoms with E-state index in [-0.39, 0.29) is 14.9 Å². The van der Waals surface area contributed by atoms with Crippen molar-refractivity contribution in [2.24, 2.45) is 0 Å². The van der Waals surface area contributed by atoms with Crippen LogP contribution in [0.2, 0.25) is 10.0 Å². The van der Waals surface area contributed by atoms with E-state index in [0.717, 1.165) is 6.42 Å². The third-order valence-electron chi connectivity index (χ3n) is 2.96. The monoisotopic (exact) mass is 343 g/mol. The van der Waals surface area contributed by atoms with Crippen LogP contribution < -0.4 is 4.72 Å². The number of halogens is 2. The summed E-state index contributed by atoms with van der Waals surface area (Å²) in [4.78, 5) is -0.0620. The molecule has 0 heterocycles. The van der Waals surface area contributed by atoms with E-state index in [1.165, 1.54) is 17.7 Å². The minimum Gasteiger partial charge on any atom is -0.211 e. The highest BCUT2D eigenvalue weighted by Gasteiger charge is 2.20. The second kappa shape index (κ2) is 7.27. The van der Waals surface area contributed by atoms with Crippen LogP contribution in [-0.4, -0.2) is 15.0 Å². The highest BCUT2D eigenvalue weighted by Crippen LogP contribution is 2.28. The molecule has 112 valence electrons. The molecule has 0 saturated carbocycles. The fraction of sp³-hybridized carbons (Fsp3) is 0.200. The van der Waals surface area contributed by atoms with Crippen molar-refractivity contribution in [1.29, 1.82) is 0 Å². The molecule has 0 aromatic heterocycles. The smallest absolute Gasteiger partial charge is 0.211 e. The van der Waals surface area contributed by atoms with Crippen LogP contribution in [0.3, 0.4) is 0 Å². The van der Waals surface area contributed by atoms with Crippen molar-refractivity contribution in [1.82, 2.24) is 4.72 Å². The van der Waals surface area contributed by atoms with Gasteiger partial charge in [-0.25, -0.2) is 13.1 Å². The first-order valence-electron chi connectivity index (χ1n) is 6.48. The number of aryl methyl sites for hydroxylation is 1. The number of hydrogen-bond donors (Lipinski definition) is 1. The first-order chi connectivity index (χ1) is 10.0. The van der Waals surface area contributed by atoms with Gasteiger partial charge in [0.15, 0.2) is 0 Å². The standard InChI is InChI=1S/C15H15Cl2NO2S/c16-13-9-4-10-14(17)15(13)21(19,20)18-11-5-8-12-6-2-1-3-7-12/h1-4,6-7,9-10,18H,5,8,11H2. The Morgan fingerprint density at radius 3 is 2.14 bits per heavy atom. The molecular weight excluding hydrogens is 329 g/mol. The van der Waals surface area contributed by atoms with Gasteiger partial charge in [0.05, 0.1) is 10.0 Å². The lowest BCUT2D eigenvalue weighted by Gasteiger charge is -2.09. The van der Waals surface area contributed by atoms with E-state index in [1.807, 2.05) is 30.3 Å². The highest BCUT2D eigenvalue weighted by molar-refractivity contribution is 7.89. The van der Waals surface area contributed by atoms with Gasteiger partial charge in [-0.05, 0) is 30.5 Å². The van der Waals surface area contributed by atoms with Gasteiger partial charge in [0.1, 0.15) is 4.90 Å². The van der Waals surface area contributed by atoms with Crippen LogP contribution in [0.4, 0.5) is 0 Å². The van der Waals surface area contributed by atoms with Gasteiger partial charge in [-0.15, -0.1) is 0 Å². The van der Waals surface area contributed by atoms with E-state index >= 15 is 0 Å². The fourth-order valence-corrected chi connectivity index (χ4v) is 4.17. The van der Waals surface area contributed by atoms with E-state index in [2.05, 4.69) is 4.72 Å². The van der Waals surface area contributed by atoms with Crippen molar-refractivity contribution in [3.8, 4) is 0 Å². The topological polar surface area (TPSA) is 46.2 Å². The molecule has 2 aromatic carbocycles. The summed E-state index contributed by atoms with van der Waals surface area (Å²) in [6.45, 7) is 0.332. The summed E-state index contributed by atoms with van der Waals surface area (Å²) < 4.78 is 26.9. The Balaban J connectivity index is 1.96. The normalized spacial score (nSPS) is 11.5. The Morgan fingerprint density at radius 2 is 1.52 bits per heavy atom. The molecule has 2 rings (SSSR count). The molecule has 2 aromatic rings. The quantitative estimate of drug-likeness (QED) is 0.808. The largest absolute Gasteiger partial charge is 0.243 e. The van der Waals surface area contributed by atoms with Gasteiger partial charge in [-0.2, -0.15) is 0 Å². The molecule has 21 heavy (non-hydrogen) atoms. The van der Waals surface area contributed by atoms with Gasteiger partial charge in [0, 0.05) is 6.54 Å². The fourth-order valence-electron chi connectivity index (χ4n) is 1.96. The van der Waals surface area contributed by atoms with Gasteiger partial charge in [0.25, 0.3) is 0 Å². The molecule has 6 heteroatoms. The maximum Gasteiger partial charge on any atom is 0.243 e. The Bertz CT molecular complexity index is 683. The summed E-state index contributed by atoms with van der Waals surface area (Å²) >= 11 is 11.8. The number of benzene rings is 2. The van der Waals surface area contributed by atoms with E-state index in [4.69, 9.17) is 23.2 Å². The van der Waals surface area contributed by atoms with E-state index in [9.17, 15) is 8.42 Å². The van der Waals surface area contributed by atoms with Crippen LogP contribution in [0.15, 0.2) is 53.4 Å². The SMILES string of the molecule is O=S(=O)(NCCCc1ccccc1)c1c(Cl)cccc1Cl. The zero-order valence-corrected chi connectivity index (χ0v) is 13.5. The third-order valence-corrected chi connectivity index (χ3v) is 5.38. The molecule has 0 spiro atoms. The van der Waals surface area contributed by atoms with Crippen molar-refractivity contribution >= 4 is 33.2 Å². The average molecular weight is 344 g/mol. The van der Waals surface area contributed by atoms with Crippen LogP contribution in [0.25, 0.3) is 0 Å². The van der Waals surface area contributed by atoms with Crippen LogP contribution in [0.5, 0.6) is 0 Å². The highest BCUT2D eigenvalue weighted by atomic mass is 35.5. The second-order valence-electron chi connectivity index (χ2n) is 4.54. The first-order valence-corrected chi connectivity index (χ1v) is 8.72. The van der Waals surface area contributed by atoms with E-state index < -0.39 is 10.0 Å². The molecule has 0 aliphatic carbocycles. The molecule has 0 aliphatic heterocycles. The van der Waals surface area contributed by atoms with Crippen molar-refractivity contribution < 1.29 is 8.42 Å². The number of sulfonamides is 1. The molecule has 1 N–H and O–H groups in total. The summed E-state index contributed by atoms with van der Waals surface area (Å²) in [6.07, 6.45) is 1.50. The predicted molar refractivity (Wildman–Crippen MR) is 86.4 cm³/mol. The van der Waals surface area contributed by atoms with Crippen molar-refractivity contribution in [3.05, 3.63) is 64.1 Å². The third kappa shape index (κ3) is 4.45. The molecular formula is C15H15Cl2NO2S. The zero-order chi connectivity index (χ0) is 15.3. The Kier molecular flexibility index (Phi) is 5.65. The summed E-state index contributed by atoms with van der Waals surface area (Å²) in [6, 6.07) is 14.5. The molecule has 0 atom stereocenters. The molecule has 0 radical (unpaired) electrons. The maximum absolute atomic E-state index is 12.2. The second-order valence-corrected chi connectivity index (χ2v) is 7.06. The van der Waals surface area contributed by atoms with E-state index in [0.29, 0.717) is 13.0 Å². The first kappa shape index (κ1) is 16.3. The van der Waals surface area contributed by atoms with Crippen molar-refractivity contribution in [3.63, 3.8) is 0 Å². The lowest BCUT2D eigenvalue weighted by atomic mass is 10.1. The Hall–Kier alpha value is -1.07. The summed E-state index contributed by atoms with van der Waals surface area (Å²) in [5.74, 6) is 0. The van der Waals surface area contributed by atoms with Gasteiger partial charge in [-0.3, -0.25) is 0 Å². The number of rotatable bonds is 6. The lowest BCUT2D eigenvalue weighted by molar-refractivity contribution is 0.579. The van der Waals surface area contributed by atoms with Crippen LogP contribution >= 0.6 is 23.2 Å². The molecule has 0 bridgehead atoms. The summed E-state index contributed by atoms with van der Waals surface area (Å²) in [7, 11) is -3.69. The lowest BCUT2D eigenvalue weighted by Crippen LogP contribution is -2.25. The van der Waals surface area contributed by atoms with Crippen LogP contribution in [0, 0.1) is 0 Å². The maximum atomic E-state index is 12.2. The molecule has 3 nitrogen and oxygen atoms in total. The minimum absolute atomic E-state index is 0.0620. The molecule has 0 fully saturated rings. The van der Waals surface area contributed by atoms with Crippen molar-refractivity contribution in [2.45, 2.75) is 17.7 Å². The summed E-state index contributed by atoms with van der Waals surface area (Å²) in [5.41, 5.74) is 1.17. The minimum atomic E-state index is -3.69. The van der Waals surface area contributed by atoms with Gasteiger partial charge < -0.3 is 0 Å². The molecule has 0 unspecified atom stereocenters. The number of hydrogen-bond acceptors (Lipinski definition) is 2. The average Bonchev–Trinajstić information content (AvgIpc) is 2.44. The summed E-state index contributed by atoms with van der Waals surface area (Å²) in [5, 5.41) is 0.246. The molecule has 0 aliphatic rings. The Labute approximate surface area is 135 Å². The number of nitrogens with one attached hydrogen (secondary N) is 1. The molecule has 0 amide bonds. The van der Waals surface area contributed by atoms with E-state index in [1.54, 1.807) is 6.07 Å². The Morgan fingerprint density at radius 1 is 0.905 bits per heavy atom. The predicted octanol–water partition coefficient (Wildman–Crippen LogP) is 3.90. The van der Waals surface area contributed by atoms with Gasteiger partial charge >= 0.3 is 0 Å². The van der Waals surface area contributed by atoms with Gasteiger partial charge in [0.2, 0.25) is 10.0 Å². The van der Waals surface area contributed by atoms with Crippen molar-refractivity contribution in [2.75, 3.05) is 6.54 Å².